The Hall–Kier alpha value is -2.80. The summed E-state index contributed by atoms with van der Waals surface area (Å²) in [6.45, 7) is 1.84. The van der Waals surface area contributed by atoms with Crippen LogP contribution in [0.4, 0.5) is 10.1 Å². The predicted octanol–water partition coefficient (Wildman–Crippen LogP) is 2.99. The summed E-state index contributed by atoms with van der Waals surface area (Å²) in [6.07, 6.45) is 0. The topological polar surface area (TPSA) is 59.1 Å². The Balaban J connectivity index is 1.53. The van der Waals surface area contributed by atoms with Crippen molar-refractivity contribution in [1.82, 2.24) is 4.90 Å². The van der Waals surface area contributed by atoms with Gasteiger partial charge in [0.15, 0.2) is 6.61 Å². The van der Waals surface area contributed by atoms with Gasteiger partial charge in [-0.3, -0.25) is 4.79 Å². The first-order chi connectivity index (χ1) is 13.5. The van der Waals surface area contributed by atoms with E-state index in [1.54, 1.807) is 12.0 Å². The monoisotopic (exact) mass is 406 g/mol. The fraction of sp³-hybridized carbons (Fsp3) is 0.300. The lowest BCUT2D eigenvalue weighted by molar-refractivity contribution is -0.134. The Kier molecular flexibility index (Phi) is 6.36. The first kappa shape index (κ1) is 19.9. The molecule has 28 heavy (non-hydrogen) atoms. The van der Waals surface area contributed by atoms with Crippen molar-refractivity contribution in [3.05, 3.63) is 58.9 Å². The van der Waals surface area contributed by atoms with Gasteiger partial charge in [0.25, 0.3) is 5.91 Å². The zero-order valence-corrected chi connectivity index (χ0v) is 16.1. The van der Waals surface area contributed by atoms with E-state index < -0.39 is 18.4 Å². The van der Waals surface area contributed by atoms with Crippen molar-refractivity contribution in [3.8, 4) is 5.75 Å². The molecule has 1 aliphatic rings. The van der Waals surface area contributed by atoms with Crippen LogP contribution in [0.5, 0.6) is 5.75 Å². The number of para-hydroxylation sites is 2. The summed E-state index contributed by atoms with van der Waals surface area (Å²) >= 11 is 5.88. The lowest BCUT2D eigenvalue weighted by Crippen LogP contribution is -2.50. The number of methoxy groups -OCH3 is 1. The summed E-state index contributed by atoms with van der Waals surface area (Å²) in [4.78, 5) is 28.2. The molecule has 0 saturated carbocycles. The second-order valence-electron chi connectivity index (χ2n) is 6.24. The SMILES string of the molecule is COc1ccccc1N1CCN(C(=O)COC(=O)c2cc(F)ccc2Cl)CC1. The molecule has 0 aliphatic carbocycles. The molecular weight excluding hydrogens is 387 g/mol. The van der Waals surface area contributed by atoms with Crippen molar-refractivity contribution in [2.75, 3.05) is 44.8 Å². The molecule has 2 aromatic carbocycles. The van der Waals surface area contributed by atoms with Gasteiger partial charge in [-0.05, 0) is 30.3 Å². The zero-order valence-electron chi connectivity index (χ0n) is 15.4. The average molecular weight is 407 g/mol. The highest BCUT2D eigenvalue weighted by molar-refractivity contribution is 6.33. The minimum atomic E-state index is -0.828. The molecule has 0 aromatic heterocycles. The second kappa shape index (κ2) is 8.93. The number of amides is 1. The fourth-order valence-electron chi connectivity index (χ4n) is 3.04. The van der Waals surface area contributed by atoms with Crippen LogP contribution in [0.15, 0.2) is 42.5 Å². The van der Waals surface area contributed by atoms with Gasteiger partial charge in [0.2, 0.25) is 0 Å². The molecule has 1 heterocycles. The standard InChI is InChI=1S/C20H20ClFN2O4/c1-27-18-5-3-2-4-17(18)23-8-10-24(11-9-23)19(25)13-28-20(26)15-12-14(22)6-7-16(15)21/h2-7,12H,8-11,13H2,1H3. The first-order valence-corrected chi connectivity index (χ1v) is 9.15. The van der Waals surface area contributed by atoms with Crippen LogP contribution in [0.3, 0.4) is 0 Å². The third kappa shape index (κ3) is 4.54. The molecular formula is C20H20ClFN2O4. The number of esters is 1. The Morgan fingerprint density at radius 3 is 2.54 bits per heavy atom. The lowest BCUT2D eigenvalue weighted by atomic mass is 10.2. The Morgan fingerprint density at radius 2 is 1.82 bits per heavy atom. The molecule has 148 valence electrons. The summed E-state index contributed by atoms with van der Waals surface area (Å²) in [6, 6.07) is 11.1. The van der Waals surface area contributed by atoms with E-state index in [-0.39, 0.29) is 16.5 Å². The van der Waals surface area contributed by atoms with E-state index in [0.717, 1.165) is 23.6 Å². The van der Waals surface area contributed by atoms with Crippen LogP contribution < -0.4 is 9.64 Å². The Labute approximate surface area is 167 Å². The molecule has 3 rings (SSSR count). The number of carbonyl (C=O) groups is 2. The Morgan fingerprint density at radius 1 is 1.11 bits per heavy atom. The van der Waals surface area contributed by atoms with Crippen molar-refractivity contribution in [2.24, 2.45) is 0 Å². The van der Waals surface area contributed by atoms with Crippen LogP contribution in [-0.2, 0) is 9.53 Å². The van der Waals surface area contributed by atoms with E-state index in [1.807, 2.05) is 24.3 Å². The number of rotatable bonds is 5. The van der Waals surface area contributed by atoms with Gasteiger partial charge in [0.05, 0.1) is 23.4 Å². The molecule has 0 unspecified atom stereocenters. The molecule has 6 nitrogen and oxygen atoms in total. The van der Waals surface area contributed by atoms with E-state index in [0.29, 0.717) is 26.2 Å². The van der Waals surface area contributed by atoms with Crippen LogP contribution in [0.1, 0.15) is 10.4 Å². The average Bonchev–Trinajstić information content (AvgIpc) is 2.73. The Bertz CT molecular complexity index is 869. The van der Waals surface area contributed by atoms with Crippen molar-refractivity contribution in [3.63, 3.8) is 0 Å². The molecule has 2 aromatic rings. The highest BCUT2D eigenvalue weighted by Gasteiger charge is 2.24. The lowest BCUT2D eigenvalue weighted by Gasteiger charge is -2.36. The van der Waals surface area contributed by atoms with Crippen LogP contribution in [0.25, 0.3) is 0 Å². The third-order valence-electron chi connectivity index (χ3n) is 4.53. The predicted molar refractivity (Wildman–Crippen MR) is 103 cm³/mol. The zero-order chi connectivity index (χ0) is 20.1. The number of ether oxygens (including phenoxy) is 2. The summed E-state index contributed by atoms with van der Waals surface area (Å²) < 4.78 is 23.7. The molecule has 1 saturated heterocycles. The number of benzene rings is 2. The van der Waals surface area contributed by atoms with E-state index in [9.17, 15) is 14.0 Å². The van der Waals surface area contributed by atoms with Gasteiger partial charge < -0.3 is 19.3 Å². The molecule has 0 radical (unpaired) electrons. The summed E-state index contributed by atoms with van der Waals surface area (Å²) in [5.74, 6) is -0.954. The van der Waals surface area contributed by atoms with Crippen LogP contribution >= 0.6 is 11.6 Å². The van der Waals surface area contributed by atoms with Gasteiger partial charge in [-0.2, -0.15) is 0 Å². The molecule has 1 fully saturated rings. The quantitative estimate of drug-likeness (QED) is 0.714. The van der Waals surface area contributed by atoms with E-state index >= 15 is 0 Å². The van der Waals surface area contributed by atoms with Gasteiger partial charge in [-0.15, -0.1) is 0 Å². The van der Waals surface area contributed by atoms with Gasteiger partial charge in [0.1, 0.15) is 11.6 Å². The number of hydrogen-bond donors (Lipinski definition) is 0. The minimum absolute atomic E-state index is 0.0734. The minimum Gasteiger partial charge on any atom is -0.495 e. The van der Waals surface area contributed by atoms with Crippen LogP contribution in [-0.4, -0.2) is 56.7 Å². The molecule has 0 spiro atoms. The number of piperazine rings is 1. The highest BCUT2D eigenvalue weighted by atomic mass is 35.5. The van der Waals surface area contributed by atoms with E-state index in [4.69, 9.17) is 21.1 Å². The third-order valence-corrected chi connectivity index (χ3v) is 4.86. The smallest absolute Gasteiger partial charge is 0.340 e. The molecule has 0 N–H and O–H groups in total. The summed E-state index contributed by atoms with van der Waals surface area (Å²) in [7, 11) is 1.62. The van der Waals surface area contributed by atoms with Gasteiger partial charge in [-0.25, -0.2) is 9.18 Å². The number of carbonyl (C=O) groups excluding carboxylic acids is 2. The molecule has 8 heteroatoms. The van der Waals surface area contributed by atoms with Crippen molar-refractivity contribution in [2.45, 2.75) is 0 Å². The van der Waals surface area contributed by atoms with Crippen molar-refractivity contribution < 1.29 is 23.5 Å². The molecule has 1 aliphatic heterocycles. The first-order valence-electron chi connectivity index (χ1n) is 8.77. The van der Waals surface area contributed by atoms with E-state index in [2.05, 4.69) is 4.90 Å². The van der Waals surface area contributed by atoms with Gasteiger partial charge in [0, 0.05) is 26.2 Å². The normalized spacial score (nSPS) is 14.0. The maximum atomic E-state index is 13.3. The number of halogens is 2. The molecule has 0 bridgehead atoms. The second-order valence-corrected chi connectivity index (χ2v) is 6.65. The maximum absolute atomic E-state index is 13.3. The van der Waals surface area contributed by atoms with Crippen molar-refractivity contribution >= 4 is 29.2 Å². The number of hydrogen-bond acceptors (Lipinski definition) is 5. The number of anilines is 1. The van der Waals surface area contributed by atoms with Crippen LogP contribution in [0, 0.1) is 5.82 Å². The summed E-state index contributed by atoms with van der Waals surface area (Å²) in [5.41, 5.74) is 0.875. The largest absolute Gasteiger partial charge is 0.495 e. The number of nitrogens with zero attached hydrogens (tertiary/aromatic N) is 2. The van der Waals surface area contributed by atoms with Crippen LogP contribution in [0.2, 0.25) is 5.02 Å². The highest BCUT2D eigenvalue weighted by Crippen LogP contribution is 2.28. The fourth-order valence-corrected chi connectivity index (χ4v) is 3.23. The summed E-state index contributed by atoms with van der Waals surface area (Å²) in [5, 5.41) is 0.0734. The maximum Gasteiger partial charge on any atom is 0.340 e. The van der Waals surface area contributed by atoms with Crippen molar-refractivity contribution in [1.29, 1.82) is 0 Å². The molecule has 0 atom stereocenters. The van der Waals surface area contributed by atoms with E-state index in [1.165, 1.54) is 6.07 Å². The van der Waals surface area contributed by atoms with Gasteiger partial charge >= 0.3 is 5.97 Å². The van der Waals surface area contributed by atoms with Gasteiger partial charge in [-0.1, -0.05) is 23.7 Å². The molecule has 1 amide bonds.